The van der Waals surface area contributed by atoms with Crippen molar-refractivity contribution in [1.82, 2.24) is 4.90 Å². The summed E-state index contributed by atoms with van der Waals surface area (Å²) in [6.07, 6.45) is 2.58. The Morgan fingerprint density at radius 1 is 1.20 bits per heavy atom. The maximum atomic E-state index is 13.1. The molecule has 2 N–H and O–H groups in total. The molecule has 1 fully saturated rings. The van der Waals surface area contributed by atoms with Crippen molar-refractivity contribution in [1.29, 1.82) is 0 Å². The molecule has 2 rings (SSSR count). The quantitative estimate of drug-likeness (QED) is 0.867. The molecule has 1 aromatic carbocycles. The zero-order valence-corrected chi connectivity index (χ0v) is 11.0. The fraction of sp³-hybridized carbons (Fsp3) is 0.500. The molecule has 1 aliphatic rings. The zero-order valence-electron chi connectivity index (χ0n) is 11.0. The summed E-state index contributed by atoms with van der Waals surface area (Å²) in [6, 6.07) is 1.49. The minimum Gasteiger partial charge on any atom is -0.339 e. The van der Waals surface area contributed by atoms with Gasteiger partial charge < -0.3 is 10.6 Å². The second-order valence-corrected chi connectivity index (χ2v) is 5.07. The summed E-state index contributed by atoms with van der Waals surface area (Å²) < 4.78 is 39.1. The van der Waals surface area contributed by atoms with Gasteiger partial charge in [-0.05, 0) is 43.9 Å². The number of hydrogen-bond acceptors (Lipinski definition) is 2. The number of halogens is 3. The van der Waals surface area contributed by atoms with Crippen molar-refractivity contribution in [3.63, 3.8) is 0 Å². The summed E-state index contributed by atoms with van der Waals surface area (Å²) in [6.45, 7) is 1.68. The average molecular weight is 286 g/mol. The highest BCUT2D eigenvalue weighted by atomic mass is 19.2. The summed E-state index contributed by atoms with van der Waals surface area (Å²) in [5.74, 6) is -4.21. The van der Waals surface area contributed by atoms with Crippen LogP contribution in [0.1, 0.15) is 29.6 Å². The first-order valence-corrected chi connectivity index (χ1v) is 6.66. The van der Waals surface area contributed by atoms with E-state index in [1.807, 2.05) is 0 Å². The van der Waals surface area contributed by atoms with E-state index in [9.17, 15) is 18.0 Å². The van der Waals surface area contributed by atoms with Gasteiger partial charge in [-0.1, -0.05) is 0 Å². The lowest BCUT2D eigenvalue weighted by molar-refractivity contribution is 0.0686. The van der Waals surface area contributed by atoms with Gasteiger partial charge in [0, 0.05) is 18.7 Å². The lowest BCUT2D eigenvalue weighted by Gasteiger charge is -2.32. The third-order valence-electron chi connectivity index (χ3n) is 3.71. The predicted molar refractivity (Wildman–Crippen MR) is 68.6 cm³/mol. The van der Waals surface area contributed by atoms with E-state index in [0.29, 0.717) is 25.6 Å². The number of benzene rings is 1. The molecule has 3 nitrogen and oxygen atoms in total. The third kappa shape index (κ3) is 3.12. The highest BCUT2D eigenvalue weighted by Crippen LogP contribution is 2.22. The van der Waals surface area contributed by atoms with Crippen LogP contribution in [-0.4, -0.2) is 30.4 Å². The Balaban J connectivity index is 2.06. The van der Waals surface area contributed by atoms with E-state index < -0.39 is 23.4 Å². The van der Waals surface area contributed by atoms with Crippen molar-refractivity contribution in [2.75, 3.05) is 19.6 Å². The highest BCUT2D eigenvalue weighted by molar-refractivity contribution is 5.94. The molecule has 0 bridgehead atoms. The van der Waals surface area contributed by atoms with Crippen molar-refractivity contribution in [2.45, 2.75) is 19.3 Å². The average Bonchev–Trinajstić information content (AvgIpc) is 2.44. The smallest absolute Gasteiger partial charge is 0.254 e. The first-order valence-electron chi connectivity index (χ1n) is 6.66. The second-order valence-electron chi connectivity index (χ2n) is 5.07. The summed E-state index contributed by atoms with van der Waals surface area (Å²) in [7, 11) is 0. The van der Waals surface area contributed by atoms with E-state index in [-0.39, 0.29) is 5.56 Å². The van der Waals surface area contributed by atoms with Crippen molar-refractivity contribution < 1.29 is 18.0 Å². The number of nitrogens with two attached hydrogens (primary N) is 1. The number of hydrogen-bond donors (Lipinski definition) is 1. The number of piperidine rings is 1. The SMILES string of the molecule is NCCC1CCN(C(=O)c2cc(F)c(F)c(F)c2)CC1. The van der Waals surface area contributed by atoms with Crippen LogP contribution in [-0.2, 0) is 0 Å². The Kier molecular flexibility index (Phi) is 4.65. The van der Waals surface area contributed by atoms with Gasteiger partial charge in [-0.3, -0.25) is 4.79 Å². The lowest BCUT2D eigenvalue weighted by atomic mass is 9.93. The van der Waals surface area contributed by atoms with Gasteiger partial charge in [0.25, 0.3) is 5.91 Å². The Morgan fingerprint density at radius 3 is 2.25 bits per heavy atom. The topological polar surface area (TPSA) is 46.3 Å². The molecule has 0 atom stereocenters. The number of rotatable bonds is 3. The molecule has 0 spiro atoms. The number of amides is 1. The molecule has 1 saturated heterocycles. The normalized spacial score (nSPS) is 16.5. The summed E-state index contributed by atoms with van der Waals surface area (Å²) in [5.41, 5.74) is 5.34. The molecule has 0 saturated carbocycles. The second kappa shape index (κ2) is 6.26. The van der Waals surface area contributed by atoms with E-state index in [0.717, 1.165) is 31.4 Å². The van der Waals surface area contributed by atoms with Gasteiger partial charge in [0.2, 0.25) is 0 Å². The van der Waals surface area contributed by atoms with Crippen LogP contribution in [0.2, 0.25) is 0 Å². The van der Waals surface area contributed by atoms with Crippen LogP contribution in [0.5, 0.6) is 0 Å². The van der Waals surface area contributed by atoms with E-state index in [1.54, 1.807) is 4.90 Å². The van der Waals surface area contributed by atoms with Crippen LogP contribution in [0.15, 0.2) is 12.1 Å². The van der Waals surface area contributed by atoms with Gasteiger partial charge in [-0.2, -0.15) is 0 Å². The molecule has 0 unspecified atom stereocenters. The van der Waals surface area contributed by atoms with E-state index in [1.165, 1.54) is 0 Å². The van der Waals surface area contributed by atoms with Crippen LogP contribution < -0.4 is 5.73 Å². The van der Waals surface area contributed by atoms with E-state index >= 15 is 0 Å². The fourth-order valence-electron chi connectivity index (χ4n) is 2.52. The van der Waals surface area contributed by atoms with Crippen molar-refractivity contribution >= 4 is 5.91 Å². The lowest BCUT2D eigenvalue weighted by Crippen LogP contribution is -2.39. The summed E-state index contributed by atoms with van der Waals surface area (Å²) >= 11 is 0. The predicted octanol–water partition coefficient (Wildman–Crippen LogP) is 2.30. The van der Waals surface area contributed by atoms with Crippen molar-refractivity contribution in [2.24, 2.45) is 11.7 Å². The number of carbonyl (C=O) groups excluding carboxylic acids is 1. The molecule has 0 aromatic heterocycles. The molecule has 110 valence electrons. The third-order valence-corrected chi connectivity index (χ3v) is 3.71. The van der Waals surface area contributed by atoms with Crippen LogP contribution in [0.25, 0.3) is 0 Å². The van der Waals surface area contributed by atoms with Gasteiger partial charge >= 0.3 is 0 Å². The van der Waals surface area contributed by atoms with Crippen molar-refractivity contribution in [3.8, 4) is 0 Å². The van der Waals surface area contributed by atoms with Crippen LogP contribution >= 0.6 is 0 Å². The Labute approximate surface area is 115 Å². The van der Waals surface area contributed by atoms with Gasteiger partial charge in [0.1, 0.15) is 0 Å². The van der Waals surface area contributed by atoms with Crippen LogP contribution in [0, 0.1) is 23.4 Å². The van der Waals surface area contributed by atoms with Crippen LogP contribution in [0.3, 0.4) is 0 Å². The molecule has 1 heterocycles. The monoisotopic (exact) mass is 286 g/mol. The molecule has 0 aliphatic carbocycles. The maximum absolute atomic E-state index is 13.1. The first-order chi connectivity index (χ1) is 9.52. The highest BCUT2D eigenvalue weighted by Gasteiger charge is 2.24. The van der Waals surface area contributed by atoms with Crippen molar-refractivity contribution in [3.05, 3.63) is 35.1 Å². The molecule has 1 amide bonds. The summed E-state index contributed by atoms with van der Waals surface area (Å²) in [4.78, 5) is 13.7. The number of likely N-dealkylation sites (tertiary alicyclic amines) is 1. The van der Waals surface area contributed by atoms with E-state index in [2.05, 4.69) is 0 Å². The van der Waals surface area contributed by atoms with E-state index in [4.69, 9.17) is 5.73 Å². The fourth-order valence-corrected chi connectivity index (χ4v) is 2.52. The number of carbonyl (C=O) groups is 1. The molecule has 6 heteroatoms. The maximum Gasteiger partial charge on any atom is 0.254 e. The van der Waals surface area contributed by atoms with Gasteiger partial charge in [0.05, 0.1) is 0 Å². The van der Waals surface area contributed by atoms with Gasteiger partial charge in [0.15, 0.2) is 17.5 Å². The molecule has 0 radical (unpaired) electrons. The molecule has 20 heavy (non-hydrogen) atoms. The van der Waals surface area contributed by atoms with Gasteiger partial charge in [-0.15, -0.1) is 0 Å². The molecular weight excluding hydrogens is 269 g/mol. The van der Waals surface area contributed by atoms with Gasteiger partial charge in [-0.25, -0.2) is 13.2 Å². The summed E-state index contributed by atoms with van der Waals surface area (Å²) in [5, 5.41) is 0. The minimum absolute atomic E-state index is 0.154. The largest absolute Gasteiger partial charge is 0.339 e. The molecule has 1 aliphatic heterocycles. The number of nitrogens with zero attached hydrogens (tertiary/aromatic N) is 1. The zero-order chi connectivity index (χ0) is 14.7. The Hall–Kier alpha value is -1.56. The Morgan fingerprint density at radius 2 is 1.75 bits per heavy atom. The first kappa shape index (κ1) is 14.8. The van der Waals surface area contributed by atoms with Crippen LogP contribution in [0.4, 0.5) is 13.2 Å². The minimum atomic E-state index is -1.55. The molecular formula is C14H17F3N2O. The standard InChI is InChI=1S/C14H17F3N2O/c15-11-7-10(8-12(16)13(11)17)14(20)19-5-2-9(1-4-18)3-6-19/h7-9H,1-6,18H2. The Bertz CT molecular complexity index is 476. The molecule has 1 aromatic rings.